The van der Waals surface area contributed by atoms with Gasteiger partial charge >= 0.3 is 0 Å². The minimum absolute atomic E-state index is 0.749. The monoisotopic (exact) mass is 806 g/mol. The first kappa shape index (κ1) is 36.7. The summed E-state index contributed by atoms with van der Waals surface area (Å²) in [6.07, 6.45) is 8.08. The predicted molar refractivity (Wildman–Crippen MR) is 238 cm³/mol. The molecule has 7 aromatic rings. The van der Waals surface area contributed by atoms with Crippen LogP contribution in [-0.4, -0.2) is 19.9 Å². The van der Waals surface area contributed by atoms with Crippen molar-refractivity contribution in [1.82, 2.24) is 19.9 Å². The fourth-order valence-corrected chi connectivity index (χ4v) is 8.73. The first-order chi connectivity index (χ1) is 27.5. The van der Waals surface area contributed by atoms with Crippen molar-refractivity contribution in [3.63, 3.8) is 0 Å². The highest BCUT2D eigenvalue weighted by molar-refractivity contribution is 7.40. The first-order valence-corrected chi connectivity index (χ1v) is 22.1. The molecule has 8 bridgehead atoms. The fourth-order valence-electron chi connectivity index (χ4n) is 7.33. The summed E-state index contributed by atoms with van der Waals surface area (Å²) in [6.45, 7) is 0. The third kappa shape index (κ3) is 7.01. The Hall–Kier alpha value is -4.96. The average Bonchev–Trinajstić information content (AvgIpc) is 4.10. The van der Waals surface area contributed by atoms with E-state index in [1.54, 1.807) is 0 Å². The quantitative estimate of drug-likeness (QED) is 0.215. The van der Waals surface area contributed by atoms with Gasteiger partial charge in [-0.25, -0.2) is 9.97 Å². The molecule has 4 aromatic carbocycles. The summed E-state index contributed by atoms with van der Waals surface area (Å²) in [6, 6.07) is 39.2. The number of aromatic nitrogens is 4. The van der Waals surface area contributed by atoms with Gasteiger partial charge in [0.1, 0.15) is 0 Å². The number of rotatable bonds is 8. The molecule has 4 atom stereocenters. The van der Waals surface area contributed by atoms with Crippen molar-refractivity contribution in [2.75, 3.05) is 0 Å². The number of nitrogens with one attached hydrogen (secondary N) is 2. The van der Waals surface area contributed by atoms with Gasteiger partial charge in [0, 0.05) is 44.3 Å². The molecule has 3 aromatic heterocycles. The van der Waals surface area contributed by atoms with Crippen molar-refractivity contribution in [3.05, 3.63) is 144 Å². The van der Waals surface area contributed by atoms with E-state index in [4.69, 9.17) is 9.97 Å². The molecule has 12 heteroatoms. The molecule has 0 radical (unpaired) electrons. The molecule has 0 saturated heterocycles. The Bertz CT molecular complexity index is 2450. The lowest BCUT2D eigenvalue weighted by Gasteiger charge is -2.08. The predicted octanol–water partition coefficient (Wildman–Crippen LogP) is 4.57. The third-order valence-corrected chi connectivity index (χ3v) is 12.7. The van der Waals surface area contributed by atoms with Crippen molar-refractivity contribution in [2.24, 2.45) is 0 Å². The zero-order chi connectivity index (χ0) is 38.2. The molecule has 274 valence electrons. The molecule has 0 aliphatic carbocycles. The summed E-state index contributed by atoms with van der Waals surface area (Å²) in [5, 5.41) is 3.12. The van der Waals surface area contributed by atoms with Crippen molar-refractivity contribution >= 4 is 103 Å². The molecular formula is C44H34N4O4P4. The Labute approximate surface area is 329 Å². The van der Waals surface area contributed by atoms with Gasteiger partial charge in [-0.05, 0) is 155 Å². The first-order valence-electron chi connectivity index (χ1n) is 17.9. The Morgan fingerprint density at radius 1 is 0.304 bits per heavy atom. The number of aromatic amines is 2. The van der Waals surface area contributed by atoms with Gasteiger partial charge in [-0.2, -0.15) is 0 Å². The highest BCUT2D eigenvalue weighted by atomic mass is 31.1. The van der Waals surface area contributed by atoms with Gasteiger partial charge in [-0.15, -0.1) is 0 Å². The number of fused-ring (bicyclic) bond motifs is 8. The van der Waals surface area contributed by atoms with E-state index < -0.39 is 35.2 Å². The summed E-state index contributed by atoms with van der Waals surface area (Å²) in [5.74, 6) is 0. The highest BCUT2D eigenvalue weighted by Crippen LogP contribution is 2.38. The topological polar surface area (TPSA) is 150 Å². The van der Waals surface area contributed by atoms with Gasteiger partial charge in [-0.3, -0.25) is 0 Å². The number of nitrogens with zero attached hydrogens (tertiary/aromatic N) is 2. The van der Waals surface area contributed by atoms with Crippen LogP contribution < -0.4 is 40.8 Å². The van der Waals surface area contributed by atoms with E-state index in [9.17, 15) is 19.6 Å². The van der Waals surface area contributed by atoms with Crippen LogP contribution in [0.15, 0.2) is 121 Å². The molecule has 2 aliphatic rings. The van der Waals surface area contributed by atoms with Crippen LogP contribution in [0.2, 0.25) is 0 Å². The Balaban J connectivity index is 1.44. The van der Waals surface area contributed by atoms with Gasteiger partial charge in [-0.1, -0.05) is 48.5 Å². The molecule has 2 N–H and O–H groups in total. The number of benzene rings is 4. The SMILES string of the molecule is [O-][PH2+]c1ccc(-c2c3nc(c(-c4ccc([PH2+][O-])cc4)c4ccc([nH]4)c(-c4ccc([PH2+][O-])cc4)c4nc(c(-c5ccc([PH2+][O-])cc5)c5ccc2[nH]5)C=C4)C=C3)cc1. The zero-order valence-corrected chi connectivity index (χ0v) is 34.3. The van der Waals surface area contributed by atoms with Gasteiger partial charge in [0.25, 0.3) is 0 Å². The van der Waals surface area contributed by atoms with Crippen LogP contribution in [-0.2, 0) is 0 Å². The van der Waals surface area contributed by atoms with E-state index in [0.717, 1.165) is 111 Å². The van der Waals surface area contributed by atoms with Crippen LogP contribution in [0.4, 0.5) is 0 Å². The Kier molecular flexibility index (Phi) is 10.4. The summed E-state index contributed by atoms with van der Waals surface area (Å²) >= 11 is 0. The van der Waals surface area contributed by atoms with E-state index in [1.807, 2.05) is 146 Å². The second-order valence-electron chi connectivity index (χ2n) is 13.5. The van der Waals surface area contributed by atoms with Crippen molar-refractivity contribution in [1.29, 1.82) is 0 Å². The lowest BCUT2D eigenvalue weighted by molar-refractivity contribution is -0.148. The van der Waals surface area contributed by atoms with Crippen LogP contribution in [0.5, 0.6) is 0 Å². The lowest BCUT2D eigenvalue weighted by Crippen LogP contribution is -2.00. The number of hydrogen-bond acceptors (Lipinski definition) is 6. The lowest BCUT2D eigenvalue weighted by atomic mass is 10.0. The van der Waals surface area contributed by atoms with Gasteiger partial charge < -0.3 is 29.5 Å². The molecule has 8 nitrogen and oxygen atoms in total. The van der Waals surface area contributed by atoms with Gasteiger partial charge in [0.2, 0.25) is 0 Å². The largest absolute Gasteiger partial charge is 0.679 e. The smallest absolute Gasteiger partial charge is 0.0832 e. The third-order valence-electron chi connectivity index (χ3n) is 10.1. The minimum Gasteiger partial charge on any atom is -0.679 e. The van der Waals surface area contributed by atoms with Crippen LogP contribution in [0.1, 0.15) is 22.8 Å². The minimum atomic E-state index is -1.07. The van der Waals surface area contributed by atoms with Crippen molar-refractivity contribution in [2.45, 2.75) is 0 Å². The van der Waals surface area contributed by atoms with Gasteiger partial charge in [0.05, 0.1) is 44.0 Å². The second-order valence-corrected chi connectivity index (χ2v) is 17.1. The van der Waals surface area contributed by atoms with E-state index in [2.05, 4.69) is 9.97 Å². The number of H-pyrrole nitrogens is 2. The molecular weight excluding hydrogens is 772 g/mol. The average molecular weight is 807 g/mol. The van der Waals surface area contributed by atoms with E-state index in [0.29, 0.717) is 0 Å². The highest BCUT2D eigenvalue weighted by Gasteiger charge is 2.19. The van der Waals surface area contributed by atoms with E-state index in [-0.39, 0.29) is 0 Å². The maximum atomic E-state index is 11.8. The van der Waals surface area contributed by atoms with Crippen molar-refractivity contribution in [3.8, 4) is 44.5 Å². The molecule has 0 fully saturated rings. The normalized spacial score (nSPS) is 12.9. The molecule has 56 heavy (non-hydrogen) atoms. The molecule has 4 unspecified atom stereocenters. The van der Waals surface area contributed by atoms with Crippen LogP contribution in [0, 0.1) is 0 Å². The molecule has 0 spiro atoms. The fraction of sp³-hybridized carbons (Fsp3) is 0. The molecule has 2 aliphatic heterocycles. The molecule has 5 heterocycles. The maximum absolute atomic E-state index is 11.8. The van der Waals surface area contributed by atoms with Crippen LogP contribution >= 0.6 is 35.2 Å². The maximum Gasteiger partial charge on any atom is 0.0832 e. The summed E-state index contributed by atoms with van der Waals surface area (Å²) in [5.41, 5.74) is 13.5. The van der Waals surface area contributed by atoms with E-state index in [1.165, 1.54) is 0 Å². The summed E-state index contributed by atoms with van der Waals surface area (Å²) < 4.78 is 0. The zero-order valence-electron chi connectivity index (χ0n) is 29.7. The Morgan fingerprint density at radius 2 is 0.518 bits per heavy atom. The Morgan fingerprint density at radius 3 is 0.714 bits per heavy atom. The number of hydrogen-bond donors (Lipinski definition) is 2. The van der Waals surface area contributed by atoms with Crippen molar-refractivity contribution < 1.29 is 19.6 Å². The van der Waals surface area contributed by atoms with Crippen LogP contribution in [0.25, 0.3) is 90.9 Å². The molecule has 0 saturated carbocycles. The summed E-state index contributed by atoms with van der Waals surface area (Å²) in [4.78, 5) is 65.4. The van der Waals surface area contributed by atoms with E-state index >= 15 is 0 Å². The van der Waals surface area contributed by atoms with Gasteiger partial charge in [0.15, 0.2) is 0 Å². The second kappa shape index (κ2) is 15.9. The van der Waals surface area contributed by atoms with Crippen LogP contribution in [0.3, 0.4) is 0 Å². The standard InChI is InChI=1S/C44H34N4O4P4/c49-53-29-9-1-25(2-10-29)41-33-17-19-35(45-33)42(26-3-11-30(54-50)12-4-26)37-21-23-39(47-37)44(28-7-15-32(56-52)16-8-28)40-24-22-38(48-40)43(36-20-18-34(41)46-36)27-5-13-31(55-51)14-6-27/h1-24,45,48H,53-56H2. The summed E-state index contributed by atoms with van der Waals surface area (Å²) in [7, 11) is -4.29. The molecule has 9 rings (SSSR count). The molecule has 0 amide bonds.